The van der Waals surface area contributed by atoms with Crippen molar-refractivity contribution in [1.29, 1.82) is 0 Å². The molecule has 0 radical (unpaired) electrons. The number of anilines is 1. The van der Waals surface area contributed by atoms with Crippen LogP contribution in [-0.2, 0) is 4.79 Å². The van der Waals surface area contributed by atoms with Crippen LogP contribution in [0.15, 0.2) is 18.2 Å². The topological polar surface area (TPSA) is 118 Å². The number of phenols is 1. The third-order valence-corrected chi connectivity index (χ3v) is 2.56. The van der Waals surface area contributed by atoms with E-state index in [1.807, 2.05) is 0 Å². The lowest BCUT2D eigenvalue weighted by Crippen LogP contribution is -2.37. The molecule has 1 aromatic carbocycles. The zero-order valence-electron chi connectivity index (χ0n) is 10.1. The fourth-order valence-corrected chi connectivity index (χ4v) is 1.12. The molecule has 4 N–H and O–H groups in total. The molecule has 0 saturated heterocycles. The van der Waals surface area contributed by atoms with Crippen molar-refractivity contribution in [3.63, 3.8) is 0 Å². The number of amides is 1. The molecule has 0 saturated carbocycles. The number of hydrogen-bond donors (Lipinski definition) is 3. The second-order valence-electron chi connectivity index (χ2n) is 4.50. The number of nitro groups is 1. The van der Waals surface area contributed by atoms with Gasteiger partial charge in [0.2, 0.25) is 5.91 Å². The number of nitrogens with zero attached hydrogens (tertiary/aromatic N) is 1. The normalized spacial score (nSPS) is 11.1. The van der Waals surface area contributed by atoms with E-state index in [1.165, 1.54) is 0 Å². The molecule has 18 heavy (non-hydrogen) atoms. The van der Waals surface area contributed by atoms with Gasteiger partial charge in [-0.05, 0) is 19.9 Å². The minimum Gasteiger partial charge on any atom is -0.506 e. The van der Waals surface area contributed by atoms with E-state index in [4.69, 9.17) is 5.73 Å². The number of aromatic hydroxyl groups is 1. The van der Waals surface area contributed by atoms with Gasteiger partial charge in [-0.15, -0.1) is 0 Å². The molecule has 0 aliphatic heterocycles. The molecule has 98 valence electrons. The Balaban J connectivity index is 3.01. The summed E-state index contributed by atoms with van der Waals surface area (Å²) >= 11 is 0. The van der Waals surface area contributed by atoms with Gasteiger partial charge < -0.3 is 16.2 Å². The Morgan fingerprint density at radius 3 is 2.67 bits per heavy atom. The van der Waals surface area contributed by atoms with Gasteiger partial charge in [-0.25, -0.2) is 0 Å². The fraction of sp³-hybridized carbons (Fsp3) is 0.364. The van der Waals surface area contributed by atoms with Gasteiger partial charge in [-0.1, -0.05) is 0 Å². The standard InChI is InChI=1S/C11H15N3O4/c1-11(2,6-12)10(16)13-8-5-7(14(17)18)3-4-9(8)15/h3-5,15H,6,12H2,1-2H3,(H,13,16). The van der Waals surface area contributed by atoms with Crippen LogP contribution < -0.4 is 11.1 Å². The average Bonchev–Trinajstić information content (AvgIpc) is 2.31. The highest BCUT2D eigenvalue weighted by Gasteiger charge is 2.26. The number of hydrogen-bond acceptors (Lipinski definition) is 5. The Morgan fingerprint density at radius 1 is 1.56 bits per heavy atom. The molecule has 0 atom stereocenters. The van der Waals surface area contributed by atoms with Crippen LogP contribution >= 0.6 is 0 Å². The first-order valence-corrected chi connectivity index (χ1v) is 5.27. The van der Waals surface area contributed by atoms with Gasteiger partial charge in [0.25, 0.3) is 5.69 Å². The van der Waals surface area contributed by atoms with E-state index in [1.54, 1.807) is 13.8 Å². The summed E-state index contributed by atoms with van der Waals surface area (Å²) in [5.74, 6) is -0.650. The second-order valence-corrected chi connectivity index (χ2v) is 4.50. The van der Waals surface area contributed by atoms with Crippen LogP contribution in [0.1, 0.15) is 13.8 Å². The predicted molar refractivity (Wildman–Crippen MR) is 66.2 cm³/mol. The summed E-state index contributed by atoms with van der Waals surface area (Å²) < 4.78 is 0. The van der Waals surface area contributed by atoms with Gasteiger partial charge in [-0.3, -0.25) is 14.9 Å². The Bertz CT molecular complexity index is 485. The number of nitro benzene ring substituents is 1. The van der Waals surface area contributed by atoms with E-state index in [-0.39, 0.29) is 23.7 Å². The number of benzene rings is 1. The molecule has 7 heteroatoms. The molecule has 1 amide bonds. The van der Waals surface area contributed by atoms with Crippen molar-refractivity contribution in [2.24, 2.45) is 11.1 Å². The van der Waals surface area contributed by atoms with Crippen LogP contribution in [0.3, 0.4) is 0 Å². The lowest BCUT2D eigenvalue weighted by Gasteiger charge is -2.21. The SMILES string of the molecule is CC(C)(CN)C(=O)Nc1cc([N+](=O)[O-])ccc1O. The quantitative estimate of drug-likeness (QED) is 0.423. The molecule has 0 aliphatic carbocycles. The van der Waals surface area contributed by atoms with Crippen molar-refractivity contribution in [3.05, 3.63) is 28.3 Å². The molecule has 1 aromatic rings. The van der Waals surface area contributed by atoms with Gasteiger partial charge in [0, 0.05) is 18.7 Å². The maximum Gasteiger partial charge on any atom is 0.271 e. The minimum atomic E-state index is -0.822. The van der Waals surface area contributed by atoms with Gasteiger partial charge in [0.1, 0.15) is 5.75 Å². The zero-order valence-corrected chi connectivity index (χ0v) is 10.1. The molecule has 0 spiro atoms. The van der Waals surface area contributed by atoms with E-state index in [0.717, 1.165) is 18.2 Å². The van der Waals surface area contributed by atoms with E-state index in [0.29, 0.717) is 0 Å². The fourth-order valence-electron chi connectivity index (χ4n) is 1.12. The summed E-state index contributed by atoms with van der Waals surface area (Å²) in [6, 6.07) is 3.40. The third-order valence-electron chi connectivity index (χ3n) is 2.56. The molecule has 0 bridgehead atoms. The number of rotatable bonds is 4. The van der Waals surface area contributed by atoms with Crippen LogP contribution in [-0.4, -0.2) is 22.5 Å². The Morgan fingerprint density at radius 2 is 2.17 bits per heavy atom. The summed E-state index contributed by atoms with van der Waals surface area (Å²) in [4.78, 5) is 21.8. The number of carbonyl (C=O) groups is 1. The van der Waals surface area contributed by atoms with Crippen LogP contribution in [0.2, 0.25) is 0 Å². The monoisotopic (exact) mass is 253 g/mol. The number of nitrogens with one attached hydrogen (secondary N) is 1. The van der Waals surface area contributed by atoms with Crippen molar-refractivity contribution in [2.75, 3.05) is 11.9 Å². The van der Waals surface area contributed by atoms with Crippen LogP contribution in [0.25, 0.3) is 0 Å². The first-order chi connectivity index (χ1) is 8.27. The highest BCUT2D eigenvalue weighted by Crippen LogP contribution is 2.29. The van der Waals surface area contributed by atoms with E-state index in [9.17, 15) is 20.0 Å². The van der Waals surface area contributed by atoms with Gasteiger partial charge in [-0.2, -0.15) is 0 Å². The third kappa shape index (κ3) is 2.95. The van der Waals surface area contributed by atoms with Crippen LogP contribution in [0, 0.1) is 15.5 Å². The lowest BCUT2D eigenvalue weighted by molar-refractivity contribution is -0.384. The summed E-state index contributed by atoms with van der Waals surface area (Å²) in [7, 11) is 0. The smallest absolute Gasteiger partial charge is 0.271 e. The first-order valence-electron chi connectivity index (χ1n) is 5.27. The van der Waals surface area contributed by atoms with Crippen LogP contribution in [0.5, 0.6) is 5.75 Å². The number of non-ortho nitro benzene ring substituents is 1. The zero-order chi connectivity index (χ0) is 13.9. The van der Waals surface area contributed by atoms with E-state index in [2.05, 4.69) is 5.32 Å². The maximum atomic E-state index is 11.8. The molecule has 0 unspecified atom stereocenters. The molecular weight excluding hydrogens is 238 g/mol. The summed E-state index contributed by atoms with van der Waals surface area (Å²) in [5, 5.41) is 22.6. The van der Waals surface area contributed by atoms with Crippen molar-refractivity contribution in [1.82, 2.24) is 0 Å². The van der Waals surface area contributed by atoms with Gasteiger partial charge >= 0.3 is 0 Å². The number of phenolic OH excluding ortho intramolecular Hbond substituents is 1. The first kappa shape index (κ1) is 13.9. The van der Waals surface area contributed by atoms with Gasteiger partial charge in [0.05, 0.1) is 16.0 Å². The number of nitrogens with two attached hydrogens (primary N) is 1. The maximum absolute atomic E-state index is 11.8. The summed E-state index contributed by atoms with van der Waals surface area (Å²) in [6.07, 6.45) is 0. The minimum absolute atomic E-state index is 0.00396. The Labute approximate surface area is 104 Å². The molecular formula is C11H15N3O4. The Kier molecular flexibility index (Phi) is 3.87. The number of carbonyl (C=O) groups excluding carboxylic acids is 1. The second kappa shape index (κ2) is 5.01. The largest absolute Gasteiger partial charge is 0.506 e. The highest BCUT2D eigenvalue weighted by molar-refractivity contribution is 5.96. The van der Waals surface area contributed by atoms with Crippen molar-refractivity contribution in [3.8, 4) is 5.75 Å². The van der Waals surface area contributed by atoms with Gasteiger partial charge in [0.15, 0.2) is 0 Å². The predicted octanol–water partition coefficient (Wildman–Crippen LogP) is 1.22. The molecule has 0 heterocycles. The van der Waals surface area contributed by atoms with E-state index < -0.39 is 16.2 Å². The van der Waals surface area contributed by atoms with Crippen molar-refractivity contribution in [2.45, 2.75) is 13.8 Å². The lowest BCUT2D eigenvalue weighted by atomic mass is 9.92. The molecule has 0 aliphatic rings. The average molecular weight is 253 g/mol. The molecule has 7 nitrogen and oxygen atoms in total. The van der Waals surface area contributed by atoms with Crippen molar-refractivity contribution >= 4 is 17.3 Å². The molecule has 0 fully saturated rings. The van der Waals surface area contributed by atoms with E-state index >= 15 is 0 Å². The molecule has 1 rings (SSSR count). The summed E-state index contributed by atoms with van der Waals surface area (Å²) in [5.41, 5.74) is 4.40. The molecule has 0 aromatic heterocycles. The highest BCUT2D eigenvalue weighted by atomic mass is 16.6. The van der Waals surface area contributed by atoms with Crippen molar-refractivity contribution < 1.29 is 14.8 Å². The Hall–Kier alpha value is -2.15. The summed E-state index contributed by atoms with van der Waals surface area (Å²) in [6.45, 7) is 3.39. The van der Waals surface area contributed by atoms with Crippen LogP contribution in [0.4, 0.5) is 11.4 Å².